The van der Waals surface area contributed by atoms with Gasteiger partial charge in [0, 0.05) is 18.5 Å². The molecule has 0 spiro atoms. The predicted octanol–water partition coefficient (Wildman–Crippen LogP) is 4.38. The van der Waals surface area contributed by atoms with Crippen LogP contribution < -0.4 is 0 Å². The van der Waals surface area contributed by atoms with E-state index in [-0.39, 0.29) is 12.5 Å². The molecule has 0 saturated heterocycles. The first-order valence-electron chi connectivity index (χ1n) is 8.60. The van der Waals surface area contributed by atoms with Crippen LogP contribution in [0.4, 0.5) is 0 Å². The van der Waals surface area contributed by atoms with Crippen LogP contribution in [0.25, 0.3) is 10.8 Å². The van der Waals surface area contributed by atoms with Gasteiger partial charge in [0.05, 0.1) is 5.56 Å². The van der Waals surface area contributed by atoms with Crippen LogP contribution in [0.2, 0.25) is 0 Å². The molecule has 3 aromatic rings. The summed E-state index contributed by atoms with van der Waals surface area (Å²) in [5, 5.41) is 1.78. The van der Waals surface area contributed by atoms with Crippen molar-refractivity contribution >= 4 is 34.4 Å². The molecule has 0 atom stereocenters. The summed E-state index contributed by atoms with van der Waals surface area (Å²) in [5.74, 6) is -0.726. The number of thioether (sulfide) groups is 1. The number of hydrogen-bond acceptors (Lipinski definition) is 4. The second-order valence-electron chi connectivity index (χ2n) is 6.20. The molecule has 0 aromatic heterocycles. The van der Waals surface area contributed by atoms with E-state index in [1.54, 1.807) is 29.8 Å². The number of benzene rings is 3. The molecule has 5 heteroatoms. The molecule has 0 fully saturated rings. The lowest BCUT2D eigenvalue weighted by Crippen LogP contribution is -2.30. The molecule has 0 aliphatic rings. The summed E-state index contributed by atoms with van der Waals surface area (Å²) in [4.78, 5) is 27.5. The van der Waals surface area contributed by atoms with E-state index < -0.39 is 5.97 Å². The Hall–Kier alpha value is -2.79. The third-order valence-corrected chi connectivity index (χ3v) is 5.08. The van der Waals surface area contributed by atoms with Gasteiger partial charge >= 0.3 is 5.97 Å². The van der Waals surface area contributed by atoms with Crippen molar-refractivity contribution < 1.29 is 14.3 Å². The second kappa shape index (κ2) is 8.73. The Kier molecular flexibility index (Phi) is 6.14. The van der Waals surface area contributed by atoms with E-state index in [2.05, 4.69) is 0 Å². The number of likely N-dealkylation sites (N-methyl/N-ethyl adjacent to an activating group) is 1. The lowest BCUT2D eigenvalue weighted by atomic mass is 10.1. The van der Waals surface area contributed by atoms with Gasteiger partial charge in [0.15, 0.2) is 6.61 Å². The van der Waals surface area contributed by atoms with Crippen LogP contribution >= 0.6 is 11.8 Å². The monoisotopic (exact) mass is 379 g/mol. The molecule has 0 saturated carbocycles. The maximum absolute atomic E-state index is 12.4. The van der Waals surface area contributed by atoms with Crippen molar-refractivity contribution in [2.75, 3.05) is 19.9 Å². The third-order valence-electron chi connectivity index (χ3n) is 4.34. The van der Waals surface area contributed by atoms with E-state index in [1.165, 1.54) is 4.90 Å². The van der Waals surface area contributed by atoms with Gasteiger partial charge in [0.25, 0.3) is 5.91 Å². The van der Waals surface area contributed by atoms with Crippen molar-refractivity contribution in [3.63, 3.8) is 0 Å². The minimum absolute atomic E-state index is 0.238. The van der Waals surface area contributed by atoms with Crippen LogP contribution in [0.15, 0.2) is 71.6 Å². The molecule has 0 radical (unpaired) electrons. The summed E-state index contributed by atoms with van der Waals surface area (Å²) in [6.45, 7) is 0.195. The van der Waals surface area contributed by atoms with Gasteiger partial charge in [-0.1, -0.05) is 48.5 Å². The number of ether oxygens (including phenoxy) is 1. The van der Waals surface area contributed by atoms with Gasteiger partial charge in [-0.05, 0) is 40.8 Å². The van der Waals surface area contributed by atoms with Crippen LogP contribution in [0.1, 0.15) is 15.9 Å². The van der Waals surface area contributed by atoms with Crippen LogP contribution in [-0.4, -0.2) is 36.7 Å². The molecule has 0 aliphatic carbocycles. The fraction of sp³-hybridized carbons (Fsp3) is 0.182. The van der Waals surface area contributed by atoms with Crippen molar-refractivity contribution in [3.8, 4) is 0 Å². The number of amides is 1. The van der Waals surface area contributed by atoms with Crippen LogP contribution in [0.3, 0.4) is 0 Å². The molecule has 27 heavy (non-hydrogen) atoms. The van der Waals surface area contributed by atoms with Crippen molar-refractivity contribution in [1.29, 1.82) is 0 Å². The number of hydrogen-bond donors (Lipinski definition) is 0. The van der Waals surface area contributed by atoms with Crippen molar-refractivity contribution in [2.24, 2.45) is 0 Å². The first-order valence-corrected chi connectivity index (χ1v) is 9.83. The average molecular weight is 379 g/mol. The highest BCUT2D eigenvalue weighted by atomic mass is 32.2. The van der Waals surface area contributed by atoms with Crippen molar-refractivity contribution in [1.82, 2.24) is 4.90 Å². The van der Waals surface area contributed by atoms with Gasteiger partial charge < -0.3 is 9.64 Å². The van der Waals surface area contributed by atoms with Crippen LogP contribution in [-0.2, 0) is 16.1 Å². The first kappa shape index (κ1) is 19.0. The molecule has 0 heterocycles. The summed E-state index contributed by atoms with van der Waals surface area (Å²) in [6, 6.07) is 21.1. The number of carbonyl (C=O) groups is 2. The van der Waals surface area contributed by atoms with Gasteiger partial charge in [-0.15, -0.1) is 11.8 Å². The summed E-state index contributed by atoms with van der Waals surface area (Å²) in [6.07, 6.45) is 2.02. The lowest BCUT2D eigenvalue weighted by molar-refractivity contribution is -0.133. The zero-order chi connectivity index (χ0) is 19.2. The maximum atomic E-state index is 12.4. The van der Waals surface area contributed by atoms with Crippen LogP contribution in [0, 0.1) is 0 Å². The van der Waals surface area contributed by atoms with Gasteiger partial charge in [-0.25, -0.2) is 4.79 Å². The smallest absolute Gasteiger partial charge is 0.339 e. The molecule has 0 aliphatic heterocycles. The molecule has 0 bridgehead atoms. The highest BCUT2D eigenvalue weighted by molar-refractivity contribution is 7.98. The topological polar surface area (TPSA) is 46.6 Å². The number of rotatable bonds is 6. The number of esters is 1. The standard InChI is InChI=1S/C22H21NO3S/c1-23(14-16-10-12-18(27-2)13-11-16)21(24)15-26-22(25)20-9-5-7-17-6-3-4-8-19(17)20/h3-13H,14-15H2,1-2H3. The molecular weight excluding hydrogens is 358 g/mol. The fourth-order valence-electron chi connectivity index (χ4n) is 2.81. The fourth-order valence-corrected chi connectivity index (χ4v) is 3.22. The normalized spacial score (nSPS) is 10.6. The van der Waals surface area contributed by atoms with E-state index >= 15 is 0 Å². The van der Waals surface area contributed by atoms with Crippen molar-refractivity contribution in [2.45, 2.75) is 11.4 Å². The molecule has 4 nitrogen and oxygen atoms in total. The Labute approximate surface area is 163 Å². The number of fused-ring (bicyclic) bond motifs is 1. The first-order chi connectivity index (χ1) is 13.1. The Bertz CT molecular complexity index is 948. The van der Waals surface area contributed by atoms with E-state index in [4.69, 9.17) is 4.74 Å². The summed E-state index contributed by atoms with van der Waals surface area (Å²) >= 11 is 1.67. The van der Waals surface area contributed by atoms with Gasteiger partial charge in [0.2, 0.25) is 0 Å². The van der Waals surface area contributed by atoms with E-state index in [1.807, 2.05) is 66.9 Å². The largest absolute Gasteiger partial charge is 0.452 e. The Balaban J connectivity index is 1.59. The zero-order valence-electron chi connectivity index (χ0n) is 15.3. The quantitative estimate of drug-likeness (QED) is 0.471. The molecule has 0 unspecified atom stereocenters. The van der Waals surface area contributed by atoms with Gasteiger partial charge in [-0.2, -0.15) is 0 Å². The maximum Gasteiger partial charge on any atom is 0.339 e. The highest BCUT2D eigenvalue weighted by Crippen LogP contribution is 2.19. The summed E-state index contributed by atoms with van der Waals surface area (Å²) in [7, 11) is 1.70. The minimum Gasteiger partial charge on any atom is -0.452 e. The third kappa shape index (κ3) is 4.68. The van der Waals surface area contributed by atoms with Crippen LogP contribution in [0.5, 0.6) is 0 Å². The van der Waals surface area contributed by atoms with Crippen molar-refractivity contribution in [3.05, 3.63) is 77.9 Å². The molecule has 1 amide bonds. The van der Waals surface area contributed by atoms with E-state index in [0.717, 1.165) is 16.3 Å². The van der Waals surface area contributed by atoms with Gasteiger partial charge in [0.1, 0.15) is 0 Å². The Morgan fingerprint density at radius 3 is 2.41 bits per heavy atom. The second-order valence-corrected chi connectivity index (χ2v) is 7.08. The summed E-state index contributed by atoms with van der Waals surface area (Å²) in [5.41, 5.74) is 1.50. The lowest BCUT2D eigenvalue weighted by Gasteiger charge is -2.17. The Morgan fingerprint density at radius 1 is 0.963 bits per heavy atom. The highest BCUT2D eigenvalue weighted by Gasteiger charge is 2.15. The molecular formula is C22H21NO3S. The SMILES string of the molecule is CSc1ccc(CN(C)C(=O)COC(=O)c2cccc3ccccc23)cc1. The summed E-state index contributed by atoms with van der Waals surface area (Å²) < 4.78 is 5.26. The number of carbonyl (C=O) groups excluding carboxylic acids is 2. The Morgan fingerprint density at radius 2 is 1.67 bits per heavy atom. The molecule has 3 aromatic carbocycles. The molecule has 3 rings (SSSR count). The predicted molar refractivity (Wildman–Crippen MR) is 109 cm³/mol. The number of nitrogens with zero attached hydrogens (tertiary/aromatic N) is 1. The zero-order valence-corrected chi connectivity index (χ0v) is 16.2. The average Bonchev–Trinajstić information content (AvgIpc) is 2.71. The molecule has 138 valence electrons. The van der Waals surface area contributed by atoms with Gasteiger partial charge in [-0.3, -0.25) is 4.79 Å². The van der Waals surface area contributed by atoms with E-state index in [9.17, 15) is 9.59 Å². The minimum atomic E-state index is -0.488. The van der Waals surface area contributed by atoms with E-state index in [0.29, 0.717) is 12.1 Å². The molecule has 0 N–H and O–H groups in total.